The van der Waals surface area contributed by atoms with Crippen LogP contribution in [0, 0.1) is 11.3 Å². The number of piperidine rings is 1. The minimum absolute atomic E-state index is 0.0626. The van der Waals surface area contributed by atoms with Gasteiger partial charge in [0.15, 0.2) is 11.5 Å². The van der Waals surface area contributed by atoms with E-state index in [2.05, 4.69) is 10.8 Å². The van der Waals surface area contributed by atoms with Gasteiger partial charge >= 0.3 is 12.6 Å². The van der Waals surface area contributed by atoms with E-state index in [1.54, 1.807) is 24.0 Å². The van der Waals surface area contributed by atoms with E-state index >= 15 is 0 Å². The van der Waals surface area contributed by atoms with Crippen LogP contribution >= 0.6 is 0 Å². The third-order valence-electron chi connectivity index (χ3n) is 4.29. The van der Waals surface area contributed by atoms with Gasteiger partial charge in [-0.15, -0.1) is 0 Å². The van der Waals surface area contributed by atoms with Crippen molar-refractivity contribution in [1.82, 2.24) is 4.90 Å². The molecule has 1 fully saturated rings. The van der Waals surface area contributed by atoms with Crippen LogP contribution in [0.1, 0.15) is 25.3 Å². The molecule has 25 heavy (non-hydrogen) atoms. The summed E-state index contributed by atoms with van der Waals surface area (Å²) in [5.74, 6) is -0.809. The zero-order valence-corrected chi connectivity index (χ0v) is 13.9. The van der Waals surface area contributed by atoms with Crippen molar-refractivity contribution >= 4 is 5.97 Å². The number of nitriles is 1. The monoisotopic (exact) mass is 354 g/mol. The van der Waals surface area contributed by atoms with Gasteiger partial charge in [0.05, 0.1) is 24.6 Å². The average Bonchev–Trinajstić information content (AvgIpc) is 2.57. The fourth-order valence-corrected chi connectivity index (χ4v) is 3.02. The van der Waals surface area contributed by atoms with Crippen molar-refractivity contribution in [3.63, 3.8) is 0 Å². The predicted molar refractivity (Wildman–Crippen MR) is 84.8 cm³/mol. The SMILES string of the molecule is CCOc1cc(C2(C#N)CCN(CC(=O)O)CC2)ccc1OC(F)F. The minimum Gasteiger partial charge on any atom is -0.490 e. The Morgan fingerprint density at radius 3 is 2.60 bits per heavy atom. The summed E-state index contributed by atoms with van der Waals surface area (Å²) in [4.78, 5) is 12.6. The number of hydrogen-bond donors (Lipinski definition) is 1. The average molecular weight is 354 g/mol. The molecule has 0 saturated carbocycles. The van der Waals surface area contributed by atoms with Gasteiger partial charge in [-0.2, -0.15) is 14.0 Å². The Kier molecular flexibility index (Phi) is 6.15. The standard InChI is InChI=1S/C17H20F2N2O4/c1-2-24-14-9-12(3-4-13(14)25-16(18)19)17(11-20)5-7-21(8-6-17)10-15(22)23/h3-4,9,16H,2,5-8,10H2,1H3,(H,22,23). The molecule has 8 heteroatoms. The molecule has 136 valence electrons. The number of alkyl halides is 2. The van der Waals surface area contributed by atoms with Crippen molar-refractivity contribution in [2.45, 2.75) is 31.8 Å². The van der Waals surface area contributed by atoms with E-state index in [0.29, 0.717) is 31.5 Å². The van der Waals surface area contributed by atoms with Crippen LogP contribution in [0.4, 0.5) is 8.78 Å². The highest BCUT2D eigenvalue weighted by molar-refractivity contribution is 5.69. The van der Waals surface area contributed by atoms with Crippen molar-refractivity contribution in [2.24, 2.45) is 0 Å². The van der Waals surface area contributed by atoms with Crippen LogP contribution in [0.15, 0.2) is 18.2 Å². The Morgan fingerprint density at radius 1 is 1.40 bits per heavy atom. The van der Waals surface area contributed by atoms with Crippen LogP contribution in [0.3, 0.4) is 0 Å². The molecular formula is C17H20F2N2O4. The van der Waals surface area contributed by atoms with E-state index in [9.17, 15) is 18.8 Å². The maximum absolute atomic E-state index is 12.5. The summed E-state index contributed by atoms with van der Waals surface area (Å²) >= 11 is 0. The Morgan fingerprint density at radius 2 is 2.08 bits per heavy atom. The Balaban J connectivity index is 2.24. The maximum atomic E-state index is 12.5. The topological polar surface area (TPSA) is 82.8 Å². The molecule has 0 unspecified atom stereocenters. The fraction of sp³-hybridized carbons (Fsp3) is 0.529. The number of carboxylic acids is 1. The van der Waals surface area contributed by atoms with Crippen molar-refractivity contribution in [3.05, 3.63) is 23.8 Å². The van der Waals surface area contributed by atoms with E-state index in [1.165, 1.54) is 6.07 Å². The Bertz CT molecular complexity index is 653. The van der Waals surface area contributed by atoms with E-state index < -0.39 is 18.0 Å². The first kappa shape index (κ1) is 18.9. The molecule has 0 aromatic heterocycles. The minimum atomic E-state index is -2.96. The quantitative estimate of drug-likeness (QED) is 0.810. The van der Waals surface area contributed by atoms with E-state index in [4.69, 9.17) is 9.84 Å². The number of hydrogen-bond acceptors (Lipinski definition) is 5. The van der Waals surface area contributed by atoms with E-state index in [-0.39, 0.29) is 24.7 Å². The number of halogens is 2. The van der Waals surface area contributed by atoms with Gasteiger partial charge in [0, 0.05) is 13.1 Å². The first-order chi connectivity index (χ1) is 11.9. The van der Waals surface area contributed by atoms with Gasteiger partial charge < -0.3 is 14.6 Å². The summed E-state index contributed by atoms with van der Waals surface area (Å²) in [7, 11) is 0. The highest BCUT2D eigenvalue weighted by Crippen LogP contribution is 2.39. The molecule has 0 atom stereocenters. The van der Waals surface area contributed by atoms with Crippen molar-refractivity contribution in [2.75, 3.05) is 26.2 Å². The van der Waals surface area contributed by atoms with Crippen LogP contribution in [0.5, 0.6) is 11.5 Å². The molecule has 0 radical (unpaired) electrons. The molecular weight excluding hydrogens is 334 g/mol. The first-order valence-corrected chi connectivity index (χ1v) is 7.97. The molecule has 1 heterocycles. The van der Waals surface area contributed by atoms with Crippen molar-refractivity contribution in [3.8, 4) is 17.6 Å². The van der Waals surface area contributed by atoms with Gasteiger partial charge in [0.1, 0.15) is 0 Å². The van der Waals surface area contributed by atoms with Crippen LogP contribution in [-0.4, -0.2) is 48.8 Å². The molecule has 1 aromatic carbocycles. The number of benzene rings is 1. The molecule has 0 amide bonds. The highest BCUT2D eigenvalue weighted by Gasteiger charge is 2.37. The molecule has 1 N–H and O–H groups in total. The van der Waals surface area contributed by atoms with Gasteiger partial charge in [-0.25, -0.2) is 0 Å². The van der Waals surface area contributed by atoms with Crippen molar-refractivity contribution < 1.29 is 28.2 Å². The number of nitrogens with zero attached hydrogens (tertiary/aromatic N) is 2. The summed E-state index contributed by atoms with van der Waals surface area (Å²) in [6.45, 7) is -0.0853. The Labute approximate surface area is 144 Å². The number of ether oxygens (including phenoxy) is 2. The second kappa shape index (κ2) is 8.12. The van der Waals surface area contributed by atoms with Crippen molar-refractivity contribution in [1.29, 1.82) is 5.26 Å². The second-order valence-electron chi connectivity index (χ2n) is 5.84. The predicted octanol–water partition coefficient (Wildman–Crippen LogP) is 2.63. The van der Waals surface area contributed by atoms with Gasteiger partial charge in [-0.05, 0) is 37.5 Å². The first-order valence-electron chi connectivity index (χ1n) is 7.97. The summed E-state index contributed by atoms with van der Waals surface area (Å²) in [6.07, 6.45) is 0.912. The van der Waals surface area contributed by atoms with Gasteiger partial charge in [-0.1, -0.05) is 6.07 Å². The third-order valence-corrected chi connectivity index (χ3v) is 4.29. The zero-order valence-electron chi connectivity index (χ0n) is 13.9. The number of likely N-dealkylation sites (tertiary alicyclic amines) is 1. The summed E-state index contributed by atoms with van der Waals surface area (Å²) < 4.78 is 34.8. The molecule has 1 aliphatic heterocycles. The van der Waals surface area contributed by atoms with Crippen LogP contribution < -0.4 is 9.47 Å². The number of aliphatic carboxylic acids is 1. The summed E-state index contributed by atoms with van der Waals surface area (Å²) in [6, 6.07) is 6.86. The molecule has 2 rings (SSSR count). The van der Waals surface area contributed by atoms with Gasteiger partial charge in [0.2, 0.25) is 0 Å². The molecule has 0 aliphatic carbocycles. The molecule has 1 saturated heterocycles. The number of rotatable bonds is 7. The van der Waals surface area contributed by atoms with Crippen LogP contribution in [0.2, 0.25) is 0 Å². The van der Waals surface area contributed by atoms with E-state index in [1.807, 2.05) is 0 Å². The lowest BCUT2D eigenvalue weighted by atomic mass is 9.74. The lowest BCUT2D eigenvalue weighted by Gasteiger charge is -2.37. The summed E-state index contributed by atoms with van der Waals surface area (Å²) in [5, 5.41) is 18.6. The normalized spacial score (nSPS) is 17.1. The number of carbonyl (C=O) groups is 1. The fourth-order valence-electron chi connectivity index (χ4n) is 3.02. The molecule has 1 aliphatic rings. The van der Waals surface area contributed by atoms with Crippen LogP contribution in [-0.2, 0) is 10.2 Å². The molecule has 0 spiro atoms. The van der Waals surface area contributed by atoms with Crippen LogP contribution in [0.25, 0.3) is 0 Å². The largest absolute Gasteiger partial charge is 0.490 e. The van der Waals surface area contributed by atoms with Gasteiger partial charge in [-0.3, -0.25) is 9.69 Å². The lowest BCUT2D eigenvalue weighted by molar-refractivity contribution is -0.138. The molecule has 0 bridgehead atoms. The zero-order chi connectivity index (χ0) is 18.4. The highest BCUT2D eigenvalue weighted by atomic mass is 19.3. The van der Waals surface area contributed by atoms with E-state index in [0.717, 1.165) is 0 Å². The Hall–Kier alpha value is -2.40. The maximum Gasteiger partial charge on any atom is 0.387 e. The smallest absolute Gasteiger partial charge is 0.387 e. The second-order valence-corrected chi connectivity index (χ2v) is 5.84. The lowest BCUT2D eigenvalue weighted by Crippen LogP contribution is -2.43. The molecule has 1 aromatic rings. The molecule has 6 nitrogen and oxygen atoms in total. The number of carboxylic acid groups (broad SMARTS) is 1. The van der Waals surface area contributed by atoms with Gasteiger partial charge in [0.25, 0.3) is 0 Å². The third kappa shape index (κ3) is 4.57. The summed E-state index contributed by atoms with van der Waals surface area (Å²) in [5.41, 5.74) is -0.139.